The van der Waals surface area contributed by atoms with Crippen LogP contribution in [0.1, 0.15) is 36.9 Å². The van der Waals surface area contributed by atoms with Crippen LogP contribution in [0.3, 0.4) is 0 Å². The maximum Gasteiger partial charge on any atom is 0.0333 e. The van der Waals surface area contributed by atoms with Crippen molar-refractivity contribution in [3.63, 3.8) is 0 Å². The summed E-state index contributed by atoms with van der Waals surface area (Å²) < 4.78 is 2.30. The number of rotatable bonds is 4. The lowest BCUT2D eigenvalue weighted by Crippen LogP contribution is -2.16. The molecule has 0 amide bonds. The molecule has 3 heteroatoms. The summed E-state index contributed by atoms with van der Waals surface area (Å²) >= 11 is 1.98. The Hall–Kier alpha value is -1.19. The predicted molar refractivity (Wildman–Crippen MR) is 86.1 cm³/mol. The van der Waals surface area contributed by atoms with Gasteiger partial charge in [0.15, 0.2) is 0 Å². The molecule has 20 heavy (non-hydrogen) atoms. The first-order valence-electron chi connectivity index (χ1n) is 7.28. The Kier molecular flexibility index (Phi) is 3.90. The summed E-state index contributed by atoms with van der Waals surface area (Å²) in [4.78, 5) is 1.45. The molecule has 2 nitrogen and oxygen atoms in total. The first kappa shape index (κ1) is 13.8. The number of nitrogens with zero attached hydrogens (tertiary/aromatic N) is 1. The van der Waals surface area contributed by atoms with E-state index in [0.29, 0.717) is 11.8 Å². The molecule has 1 aliphatic rings. The summed E-state index contributed by atoms with van der Waals surface area (Å²) in [6.07, 6.45) is 4.39. The Morgan fingerprint density at radius 2 is 2.10 bits per heavy atom. The van der Waals surface area contributed by atoms with Crippen molar-refractivity contribution in [3.05, 3.63) is 53.9 Å². The van der Waals surface area contributed by atoms with Crippen LogP contribution < -0.4 is 5.73 Å². The lowest BCUT2D eigenvalue weighted by atomic mass is 10.00. The van der Waals surface area contributed by atoms with Crippen molar-refractivity contribution in [1.82, 2.24) is 4.57 Å². The molecule has 2 atom stereocenters. The first-order chi connectivity index (χ1) is 9.65. The van der Waals surface area contributed by atoms with Gasteiger partial charge in [-0.2, -0.15) is 0 Å². The van der Waals surface area contributed by atoms with Crippen molar-refractivity contribution in [2.45, 2.75) is 37.2 Å². The lowest BCUT2D eigenvalue weighted by molar-refractivity contribution is 0.512. The van der Waals surface area contributed by atoms with E-state index in [1.807, 2.05) is 11.8 Å². The van der Waals surface area contributed by atoms with Crippen LogP contribution in [0.4, 0.5) is 0 Å². The van der Waals surface area contributed by atoms with E-state index in [1.165, 1.54) is 21.8 Å². The average molecular weight is 286 g/mol. The van der Waals surface area contributed by atoms with E-state index >= 15 is 0 Å². The molecule has 1 aromatic carbocycles. The fourth-order valence-electron chi connectivity index (χ4n) is 2.79. The highest BCUT2D eigenvalue weighted by Crippen LogP contribution is 2.40. The number of aromatic nitrogens is 1. The second-order valence-electron chi connectivity index (χ2n) is 5.96. The molecule has 2 aromatic rings. The van der Waals surface area contributed by atoms with Crippen LogP contribution in [0.25, 0.3) is 0 Å². The number of fused-ring (bicyclic) bond motifs is 1. The fraction of sp³-hybridized carbons (Fsp3) is 0.412. The third kappa shape index (κ3) is 2.65. The molecule has 0 bridgehead atoms. The van der Waals surface area contributed by atoms with Gasteiger partial charge in [-0.05, 0) is 29.2 Å². The molecular weight excluding hydrogens is 264 g/mol. The minimum absolute atomic E-state index is 0.140. The van der Waals surface area contributed by atoms with Gasteiger partial charge in [0.1, 0.15) is 0 Å². The smallest absolute Gasteiger partial charge is 0.0333 e. The van der Waals surface area contributed by atoms with Crippen LogP contribution in [0.5, 0.6) is 0 Å². The summed E-state index contributed by atoms with van der Waals surface area (Å²) in [5, 5.41) is 0. The Labute approximate surface area is 125 Å². The summed E-state index contributed by atoms with van der Waals surface area (Å²) in [6.45, 7) is 5.40. The molecule has 2 N–H and O–H groups in total. The highest BCUT2D eigenvalue weighted by molar-refractivity contribution is 7.99. The summed E-state index contributed by atoms with van der Waals surface area (Å²) in [7, 11) is 0. The number of nitrogens with two attached hydrogens (primary N) is 1. The summed E-state index contributed by atoms with van der Waals surface area (Å²) in [5.41, 5.74) is 8.97. The van der Waals surface area contributed by atoms with Gasteiger partial charge in [0.05, 0.1) is 0 Å². The van der Waals surface area contributed by atoms with Crippen molar-refractivity contribution < 1.29 is 0 Å². The zero-order valence-electron chi connectivity index (χ0n) is 12.1. The van der Waals surface area contributed by atoms with E-state index in [-0.39, 0.29) is 6.04 Å². The Morgan fingerprint density at radius 3 is 2.90 bits per heavy atom. The van der Waals surface area contributed by atoms with Gasteiger partial charge in [0.2, 0.25) is 0 Å². The van der Waals surface area contributed by atoms with Gasteiger partial charge in [-0.1, -0.05) is 32.0 Å². The van der Waals surface area contributed by atoms with Gasteiger partial charge in [0.25, 0.3) is 0 Å². The zero-order valence-corrected chi connectivity index (χ0v) is 12.9. The number of hydrogen-bond donors (Lipinski definition) is 1. The number of hydrogen-bond acceptors (Lipinski definition) is 2. The standard InChI is InChI=1S/C17H22N2S/c1-12(2)17(18)13-7-8-19(9-13)10-14-11-20-16-6-4-3-5-15(14)16/h3-9,12,14,17H,10-11,18H2,1-2H3. The van der Waals surface area contributed by atoms with Crippen LogP contribution in [-0.4, -0.2) is 10.3 Å². The summed E-state index contributed by atoms with van der Waals surface area (Å²) in [6, 6.07) is 11.1. The summed E-state index contributed by atoms with van der Waals surface area (Å²) in [5.74, 6) is 2.28. The number of thioether (sulfide) groups is 1. The maximum atomic E-state index is 6.22. The SMILES string of the molecule is CC(C)C(N)c1ccn(CC2CSc3ccccc32)c1. The molecule has 1 aromatic heterocycles. The topological polar surface area (TPSA) is 30.9 Å². The molecule has 0 spiro atoms. The maximum absolute atomic E-state index is 6.22. The highest BCUT2D eigenvalue weighted by atomic mass is 32.2. The molecule has 0 saturated carbocycles. The first-order valence-corrected chi connectivity index (χ1v) is 8.26. The van der Waals surface area contributed by atoms with Crippen LogP contribution in [0, 0.1) is 5.92 Å². The molecule has 2 heterocycles. The van der Waals surface area contributed by atoms with Crippen LogP contribution >= 0.6 is 11.8 Å². The van der Waals surface area contributed by atoms with E-state index in [0.717, 1.165) is 6.54 Å². The quantitative estimate of drug-likeness (QED) is 0.920. The largest absolute Gasteiger partial charge is 0.353 e. The number of benzene rings is 1. The van der Waals surface area contributed by atoms with E-state index in [9.17, 15) is 0 Å². The second kappa shape index (κ2) is 5.66. The van der Waals surface area contributed by atoms with Gasteiger partial charge in [-0.3, -0.25) is 0 Å². The minimum Gasteiger partial charge on any atom is -0.353 e. The third-order valence-electron chi connectivity index (χ3n) is 4.11. The van der Waals surface area contributed by atoms with Crippen molar-refractivity contribution in [2.75, 3.05) is 5.75 Å². The van der Waals surface area contributed by atoms with Crippen LogP contribution in [-0.2, 0) is 6.54 Å². The van der Waals surface area contributed by atoms with Gasteiger partial charge in [-0.15, -0.1) is 11.8 Å². The van der Waals surface area contributed by atoms with E-state index in [1.54, 1.807) is 0 Å². The van der Waals surface area contributed by atoms with Gasteiger partial charge < -0.3 is 10.3 Å². The normalized spacial score (nSPS) is 19.3. The zero-order chi connectivity index (χ0) is 14.1. The molecule has 2 unspecified atom stereocenters. The van der Waals surface area contributed by atoms with E-state index in [2.05, 4.69) is 61.1 Å². The van der Waals surface area contributed by atoms with Crippen LogP contribution in [0.2, 0.25) is 0 Å². The van der Waals surface area contributed by atoms with Crippen molar-refractivity contribution in [2.24, 2.45) is 11.7 Å². The van der Waals surface area contributed by atoms with Crippen molar-refractivity contribution in [1.29, 1.82) is 0 Å². The van der Waals surface area contributed by atoms with Gasteiger partial charge in [0, 0.05) is 41.5 Å². The molecular formula is C17H22N2S. The second-order valence-corrected chi connectivity index (χ2v) is 7.02. The molecule has 3 rings (SSSR count). The average Bonchev–Trinajstić information content (AvgIpc) is 3.06. The highest BCUT2D eigenvalue weighted by Gasteiger charge is 2.23. The Bertz CT molecular complexity index is 588. The molecule has 0 saturated heterocycles. The molecule has 0 radical (unpaired) electrons. The van der Waals surface area contributed by atoms with E-state index in [4.69, 9.17) is 5.73 Å². The molecule has 0 fully saturated rings. The predicted octanol–water partition coefficient (Wildman–Crippen LogP) is 4.03. The molecule has 1 aliphatic heterocycles. The van der Waals surface area contributed by atoms with Gasteiger partial charge in [-0.25, -0.2) is 0 Å². The molecule has 0 aliphatic carbocycles. The molecule has 106 valence electrons. The monoisotopic (exact) mass is 286 g/mol. The van der Waals surface area contributed by atoms with Crippen molar-refractivity contribution in [3.8, 4) is 0 Å². The van der Waals surface area contributed by atoms with Crippen molar-refractivity contribution >= 4 is 11.8 Å². The van der Waals surface area contributed by atoms with Crippen LogP contribution in [0.15, 0.2) is 47.6 Å². The van der Waals surface area contributed by atoms with Gasteiger partial charge >= 0.3 is 0 Å². The third-order valence-corrected chi connectivity index (χ3v) is 5.36. The van der Waals surface area contributed by atoms with E-state index < -0.39 is 0 Å². The Balaban J connectivity index is 1.74. The minimum atomic E-state index is 0.140. The Morgan fingerprint density at radius 1 is 1.30 bits per heavy atom. The fourth-order valence-corrected chi connectivity index (χ4v) is 4.03. The lowest BCUT2D eigenvalue weighted by Gasteiger charge is -2.14.